The highest BCUT2D eigenvalue weighted by Gasteiger charge is 2.30. The molecular weight excluding hydrogens is 361 g/mol. The average Bonchev–Trinajstić information content (AvgIpc) is 3.55. The number of hydrogen-bond acceptors (Lipinski definition) is 4. The van der Waals surface area contributed by atoms with Crippen LogP contribution in [0.4, 0.5) is 4.39 Å². The number of likely N-dealkylation sites (tertiary alicyclic amines) is 1. The van der Waals surface area contributed by atoms with Gasteiger partial charge in [-0.1, -0.05) is 12.1 Å². The van der Waals surface area contributed by atoms with E-state index in [9.17, 15) is 14.0 Å². The van der Waals surface area contributed by atoms with Gasteiger partial charge in [-0.15, -0.1) is 0 Å². The molecule has 1 saturated carbocycles. The number of carbonyl (C=O) groups excluding carboxylic acids is 1. The second kappa shape index (κ2) is 7.73. The number of nitrogens with zero attached hydrogens (tertiary/aromatic N) is 3. The Morgan fingerprint density at radius 3 is 2.54 bits per heavy atom. The molecular formula is C21H24FN3O3. The molecule has 1 aromatic heterocycles. The minimum Gasteiger partial charge on any atom is -0.478 e. The minimum atomic E-state index is -0.771. The number of piperidine rings is 1. The van der Waals surface area contributed by atoms with Gasteiger partial charge in [0, 0.05) is 25.1 Å². The molecule has 1 amide bonds. The number of hydrogen-bond donors (Lipinski definition) is 0. The summed E-state index contributed by atoms with van der Waals surface area (Å²) in [6.07, 6.45) is 2.83. The van der Waals surface area contributed by atoms with E-state index in [1.165, 1.54) is 12.1 Å². The second-order valence-corrected chi connectivity index (χ2v) is 7.56. The monoisotopic (exact) mass is 385 g/mol. The predicted octanol–water partition coefficient (Wildman–Crippen LogP) is 2.89. The Morgan fingerprint density at radius 2 is 1.86 bits per heavy atom. The summed E-state index contributed by atoms with van der Waals surface area (Å²) in [6.45, 7) is 2.68. The normalized spacial score (nSPS) is 18.7. The van der Waals surface area contributed by atoms with Gasteiger partial charge in [-0.3, -0.25) is 9.59 Å². The number of carbonyl (C=O) groups is 1. The SMILES string of the molecule is CC(Oc1ccccc1F)C(=O)N1CCC(n2nc(C3CC3)ccc2=O)CC1. The average molecular weight is 385 g/mol. The van der Waals surface area contributed by atoms with Crippen molar-refractivity contribution in [2.75, 3.05) is 13.1 Å². The third-order valence-corrected chi connectivity index (χ3v) is 5.45. The number of aromatic nitrogens is 2. The van der Waals surface area contributed by atoms with Crippen LogP contribution in [-0.4, -0.2) is 39.8 Å². The summed E-state index contributed by atoms with van der Waals surface area (Å²) >= 11 is 0. The van der Waals surface area contributed by atoms with Crippen molar-refractivity contribution in [2.24, 2.45) is 0 Å². The van der Waals surface area contributed by atoms with E-state index in [0.29, 0.717) is 31.8 Å². The van der Waals surface area contributed by atoms with E-state index < -0.39 is 11.9 Å². The minimum absolute atomic E-state index is 0.00181. The molecule has 1 aliphatic heterocycles. The van der Waals surface area contributed by atoms with Crippen LogP contribution in [0, 0.1) is 5.82 Å². The van der Waals surface area contributed by atoms with Gasteiger partial charge in [0.15, 0.2) is 17.7 Å². The topological polar surface area (TPSA) is 64.4 Å². The molecule has 6 nitrogen and oxygen atoms in total. The highest BCUT2D eigenvalue weighted by Crippen LogP contribution is 2.38. The van der Waals surface area contributed by atoms with Crippen molar-refractivity contribution in [3.8, 4) is 5.75 Å². The van der Waals surface area contributed by atoms with Crippen LogP contribution in [0.15, 0.2) is 41.2 Å². The van der Waals surface area contributed by atoms with Crippen LogP contribution in [0.3, 0.4) is 0 Å². The Kier molecular flexibility index (Phi) is 5.15. The fourth-order valence-electron chi connectivity index (χ4n) is 3.67. The first-order valence-electron chi connectivity index (χ1n) is 9.82. The largest absolute Gasteiger partial charge is 0.478 e. The first-order valence-corrected chi connectivity index (χ1v) is 9.82. The van der Waals surface area contributed by atoms with E-state index in [1.54, 1.807) is 34.7 Å². The molecule has 7 heteroatoms. The Balaban J connectivity index is 1.37. The molecule has 2 heterocycles. The Hall–Kier alpha value is -2.70. The molecule has 148 valence electrons. The Bertz CT molecular complexity index is 917. The Morgan fingerprint density at radius 1 is 1.14 bits per heavy atom. The van der Waals surface area contributed by atoms with Crippen LogP contribution in [0.1, 0.15) is 50.3 Å². The smallest absolute Gasteiger partial charge is 0.267 e. The molecule has 2 aliphatic rings. The predicted molar refractivity (Wildman–Crippen MR) is 102 cm³/mol. The van der Waals surface area contributed by atoms with Gasteiger partial charge >= 0.3 is 0 Å². The molecule has 4 rings (SSSR count). The van der Waals surface area contributed by atoms with E-state index >= 15 is 0 Å². The first-order chi connectivity index (χ1) is 13.5. The van der Waals surface area contributed by atoms with Gasteiger partial charge in [-0.05, 0) is 50.8 Å². The summed E-state index contributed by atoms with van der Waals surface area (Å²) in [7, 11) is 0. The highest BCUT2D eigenvalue weighted by atomic mass is 19.1. The van der Waals surface area contributed by atoms with E-state index in [4.69, 9.17) is 4.74 Å². The summed E-state index contributed by atoms with van der Waals surface area (Å²) < 4.78 is 20.8. The number of rotatable bonds is 5. The van der Waals surface area contributed by atoms with E-state index in [0.717, 1.165) is 18.5 Å². The molecule has 1 atom stereocenters. The Labute approximate surface area is 162 Å². The van der Waals surface area contributed by atoms with Crippen LogP contribution < -0.4 is 10.3 Å². The maximum Gasteiger partial charge on any atom is 0.267 e. The summed E-state index contributed by atoms with van der Waals surface area (Å²) in [5.41, 5.74) is 0.899. The first kappa shape index (κ1) is 18.7. The van der Waals surface area contributed by atoms with Crippen LogP contribution in [0.25, 0.3) is 0 Å². The molecule has 0 bridgehead atoms. The molecule has 2 fully saturated rings. The summed E-state index contributed by atoms with van der Waals surface area (Å²) in [5.74, 6) is -0.0913. The van der Waals surface area contributed by atoms with E-state index in [-0.39, 0.29) is 23.3 Å². The highest BCUT2D eigenvalue weighted by molar-refractivity contribution is 5.81. The third kappa shape index (κ3) is 3.93. The molecule has 1 saturated heterocycles. The molecule has 2 aromatic rings. The van der Waals surface area contributed by atoms with Crippen LogP contribution in [-0.2, 0) is 4.79 Å². The van der Waals surface area contributed by atoms with Gasteiger partial charge < -0.3 is 9.64 Å². The van der Waals surface area contributed by atoms with Crippen LogP contribution in [0.5, 0.6) is 5.75 Å². The number of halogens is 1. The van der Waals surface area contributed by atoms with Crippen LogP contribution >= 0.6 is 0 Å². The maximum atomic E-state index is 13.7. The standard InChI is InChI=1S/C21H24FN3O3/c1-14(28-19-5-3-2-4-17(19)22)21(27)24-12-10-16(11-13-24)25-20(26)9-8-18(23-25)15-6-7-15/h2-5,8-9,14-16H,6-7,10-13H2,1H3. The molecule has 0 N–H and O–H groups in total. The number of para-hydroxylation sites is 1. The fourth-order valence-corrected chi connectivity index (χ4v) is 3.67. The van der Waals surface area contributed by atoms with Gasteiger partial charge in [-0.25, -0.2) is 9.07 Å². The number of benzene rings is 1. The summed E-state index contributed by atoms with van der Waals surface area (Å²) in [4.78, 5) is 26.6. The lowest BCUT2D eigenvalue weighted by Gasteiger charge is -2.33. The molecule has 1 unspecified atom stereocenters. The lowest BCUT2D eigenvalue weighted by molar-refractivity contribution is -0.139. The van der Waals surface area contributed by atoms with Crippen molar-refractivity contribution in [1.29, 1.82) is 0 Å². The van der Waals surface area contributed by atoms with Crippen molar-refractivity contribution >= 4 is 5.91 Å². The summed E-state index contributed by atoms with van der Waals surface area (Å²) in [5, 5.41) is 4.56. The summed E-state index contributed by atoms with van der Waals surface area (Å²) in [6, 6.07) is 9.49. The molecule has 28 heavy (non-hydrogen) atoms. The lowest BCUT2D eigenvalue weighted by atomic mass is 10.0. The van der Waals surface area contributed by atoms with Crippen molar-refractivity contribution in [2.45, 2.75) is 50.7 Å². The van der Waals surface area contributed by atoms with Crippen molar-refractivity contribution in [1.82, 2.24) is 14.7 Å². The lowest BCUT2D eigenvalue weighted by Crippen LogP contribution is -2.46. The molecule has 1 aromatic carbocycles. The van der Waals surface area contributed by atoms with Gasteiger partial charge in [0.25, 0.3) is 11.5 Å². The van der Waals surface area contributed by atoms with Crippen LogP contribution in [0.2, 0.25) is 0 Å². The van der Waals surface area contributed by atoms with Crippen molar-refractivity contribution in [3.05, 3.63) is 58.3 Å². The zero-order valence-corrected chi connectivity index (χ0v) is 15.9. The van der Waals surface area contributed by atoms with Gasteiger partial charge in [0.1, 0.15) is 0 Å². The molecule has 0 spiro atoms. The van der Waals surface area contributed by atoms with Gasteiger partial charge in [0.2, 0.25) is 0 Å². The van der Waals surface area contributed by atoms with Gasteiger partial charge in [0.05, 0.1) is 11.7 Å². The molecule has 1 aliphatic carbocycles. The number of amides is 1. The number of ether oxygens (including phenoxy) is 1. The van der Waals surface area contributed by atoms with Crippen molar-refractivity contribution < 1.29 is 13.9 Å². The van der Waals surface area contributed by atoms with E-state index in [1.807, 2.05) is 6.07 Å². The molecule has 0 radical (unpaired) electrons. The van der Waals surface area contributed by atoms with Crippen molar-refractivity contribution in [3.63, 3.8) is 0 Å². The maximum absolute atomic E-state index is 13.7. The zero-order chi connectivity index (χ0) is 19.7. The van der Waals surface area contributed by atoms with E-state index in [2.05, 4.69) is 5.10 Å². The second-order valence-electron chi connectivity index (χ2n) is 7.56. The fraction of sp³-hybridized carbons (Fsp3) is 0.476. The quantitative estimate of drug-likeness (QED) is 0.794. The third-order valence-electron chi connectivity index (χ3n) is 5.45. The van der Waals surface area contributed by atoms with Gasteiger partial charge in [-0.2, -0.15) is 5.10 Å². The zero-order valence-electron chi connectivity index (χ0n) is 15.9.